The summed E-state index contributed by atoms with van der Waals surface area (Å²) in [7, 11) is 0. The van der Waals surface area contributed by atoms with Crippen LogP contribution in [0.1, 0.15) is 12.0 Å². The number of pyridine rings is 1. The first kappa shape index (κ1) is 10.4. The van der Waals surface area contributed by atoms with E-state index in [2.05, 4.69) is 4.98 Å². The van der Waals surface area contributed by atoms with Crippen molar-refractivity contribution >= 4 is 5.82 Å². The van der Waals surface area contributed by atoms with Gasteiger partial charge in [0.15, 0.2) is 0 Å². The molecule has 1 heterocycles. The average molecular weight is 210 g/mol. The van der Waals surface area contributed by atoms with E-state index in [9.17, 15) is 27.7 Å². The first-order chi connectivity index (χ1) is 6.43. The smallest absolute Gasteiger partial charge is 0.358 e. The van der Waals surface area contributed by atoms with Gasteiger partial charge in [-0.15, -0.1) is 0 Å². The summed E-state index contributed by atoms with van der Waals surface area (Å²) in [6.45, 7) is 0. The molecule has 1 aromatic rings. The van der Waals surface area contributed by atoms with Crippen molar-refractivity contribution in [1.82, 2.24) is 4.98 Å². The highest BCUT2D eigenvalue weighted by atomic mass is 19.3. The Kier molecular flexibility index (Phi) is 2.63. The molecular formula is C6H2F4N2O2. The van der Waals surface area contributed by atoms with Crippen LogP contribution in [0.4, 0.5) is 23.4 Å². The number of hydrogen-bond donors (Lipinski definition) is 0. The van der Waals surface area contributed by atoms with Crippen molar-refractivity contribution in [2.45, 2.75) is 6.43 Å². The molecule has 1 aromatic heterocycles. The number of nitrogens with zero attached hydrogens (tertiary/aromatic N) is 2. The van der Waals surface area contributed by atoms with Gasteiger partial charge in [-0.2, -0.15) is 4.39 Å². The van der Waals surface area contributed by atoms with Gasteiger partial charge < -0.3 is 10.1 Å². The third-order valence-electron chi connectivity index (χ3n) is 1.35. The summed E-state index contributed by atoms with van der Waals surface area (Å²) >= 11 is 0. The molecule has 0 unspecified atom stereocenters. The van der Waals surface area contributed by atoms with E-state index in [0.29, 0.717) is 0 Å². The summed E-state index contributed by atoms with van der Waals surface area (Å²) in [5, 5.41) is 10.0. The summed E-state index contributed by atoms with van der Waals surface area (Å²) in [5.74, 6) is -4.70. The minimum absolute atomic E-state index is 0.143. The van der Waals surface area contributed by atoms with Gasteiger partial charge in [-0.05, 0) is 9.91 Å². The molecule has 0 N–H and O–H groups in total. The van der Waals surface area contributed by atoms with Crippen molar-refractivity contribution in [2.75, 3.05) is 0 Å². The molecule has 0 fully saturated rings. The average Bonchev–Trinajstić information content (AvgIpc) is 2.01. The number of hydrogen-bond acceptors (Lipinski definition) is 3. The topological polar surface area (TPSA) is 56.0 Å². The number of rotatable bonds is 2. The van der Waals surface area contributed by atoms with E-state index in [-0.39, 0.29) is 6.07 Å². The van der Waals surface area contributed by atoms with Crippen molar-refractivity contribution in [3.63, 3.8) is 0 Å². The predicted molar refractivity (Wildman–Crippen MR) is 35.8 cm³/mol. The lowest BCUT2D eigenvalue weighted by Gasteiger charge is -1.99. The summed E-state index contributed by atoms with van der Waals surface area (Å²) in [6.07, 6.45) is -3.40. The van der Waals surface area contributed by atoms with Crippen LogP contribution in [0.25, 0.3) is 0 Å². The molecule has 0 amide bonds. The second kappa shape index (κ2) is 3.56. The summed E-state index contributed by atoms with van der Waals surface area (Å²) in [6, 6.07) is 0.143. The zero-order valence-electron chi connectivity index (χ0n) is 6.38. The summed E-state index contributed by atoms with van der Waals surface area (Å²) < 4.78 is 49.1. The Labute approximate surface area is 74.3 Å². The van der Waals surface area contributed by atoms with Gasteiger partial charge in [0.2, 0.25) is 0 Å². The quantitative estimate of drug-likeness (QED) is 0.325. The van der Waals surface area contributed by atoms with Crippen LogP contribution in [0.15, 0.2) is 6.07 Å². The Balaban J connectivity index is 3.32. The van der Waals surface area contributed by atoms with Gasteiger partial charge in [-0.1, -0.05) is 0 Å². The van der Waals surface area contributed by atoms with E-state index in [1.54, 1.807) is 0 Å². The molecule has 76 valence electrons. The molecule has 8 heteroatoms. The van der Waals surface area contributed by atoms with Crippen LogP contribution >= 0.6 is 0 Å². The third-order valence-corrected chi connectivity index (χ3v) is 1.35. The highest BCUT2D eigenvalue weighted by Gasteiger charge is 2.27. The normalized spacial score (nSPS) is 10.6. The summed E-state index contributed by atoms with van der Waals surface area (Å²) in [5.41, 5.74) is -1.56. The van der Waals surface area contributed by atoms with Crippen molar-refractivity contribution in [2.24, 2.45) is 0 Å². The van der Waals surface area contributed by atoms with E-state index in [0.717, 1.165) is 0 Å². The molecule has 0 bridgehead atoms. The zero-order chi connectivity index (χ0) is 10.9. The van der Waals surface area contributed by atoms with Crippen molar-refractivity contribution in [3.8, 4) is 0 Å². The standard InChI is InChI=1S/C6H2F4N2O2/c7-2-1-3(12(13)14)11-6(10)4(2)5(8)9/h1,5H. The van der Waals surface area contributed by atoms with E-state index >= 15 is 0 Å². The summed E-state index contributed by atoms with van der Waals surface area (Å²) in [4.78, 5) is 11.4. The van der Waals surface area contributed by atoms with E-state index < -0.39 is 34.5 Å². The van der Waals surface area contributed by atoms with Crippen LogP contribution in [-0.4, -0.2) is 9.91 Å². The van der Waals surface area contributed by atoms with Gasteiger partial charge in [-0.3, -0.25) is 0 Å². The van der Waals surface area contributed by atoms with Crippen LogP contribution in [0.3, 0.4) is 0 Å². The molecule has 0 aliphatic heterocycles. The number of alkyl halides is 2. The second-order valence-electron chi connectivity index (χ2n) is 2.22. The fourth-order valence-corrected chi connectivity index (χ4v) is 0.771. The molecule has 4 nitrogen and oxygen atoms in total. The Morgan fingerprint density at radius 3 is 2.36 bits per heavy atom. The lowest BCUT2D eigenvalue weighted by molar-refractivity contribution is -0.390. The Morgan fingerprint density at radius 2 is 2.00 bits per heavy atom. The number of halogens is 4. The Morgan fingerprint density at radius 1 is 1.43 bits per heavy atom. The van der Waals surface area contributed by atoms with Gasteiger partial charge in [0.1, 0.15) is 11.4 Å². The van der Waals surface area contributed by atoms with Crippen LogP contribution < -0.4 is 0 Å². The maximum atomic E-state index is 12.7. The number of nitro groups is 1. The van der Waals surface area contributed by atoms with E-state index in [1.165, 1.54) is 0 Å². The molecule has 0 saturated heterocycles. The second-order valence-corrected chi connectivity index (χ2v) is 2.22. The highest BCUT2D eigenvalue weighted by Crippen LogP contribution is 2.26. The lowest BCUT2D eigenvalue weighted by atomic mass is 10.2. The SMILES string of the molecule is O=[N+]([O-])c1cc(F)c(C(F)F)c(F)n1. The first-order valence-corrected chi connectivity index (χ1v) is 3.22. The lowest BCUT2D eigenvalue weighted by Crippen LogP contribution is -2.03. The Hall–Kier alpha value is -1.73. The molecule has 0 aromatic carbocycles. The van der Waals surface area contributed by atoms with Crippen molar-refractivity contribution in [3.05, 3.63) is 33.5 Å². The fraction of sp³-hybridized carbons (Fsp3) is 0.167. The maximum Gasteiger partial charge on any atom is 0.369 e. The van der Waals surface area contributed by atoms with Gasteiger partial charge in [-0.25, -0.2) is 13.2 Å². The molecule has 0 aliphatic carbocycles. The van der Waals surface area contributed by atoms with Crippen molar-refractivity contribution in [1.29, 1.82) is 0 Å². The third kappa shape index (κ3) is 1.78. The van der Waals surface area contributed by atoms with Gasteiger partial charge in [0.05, 0.1) is 6.07 Å². The molecule has 0 aliphatic rings. The predicted octanol–water partition coefficient (Wildman–Crippen LogP) is 2.21. The molecule has 0 saturated carbocycles. The monoisotopic (exact) mass is 210 g/mol. The maximum absolute atomic E-state index is 12.7. The van der Waals surface area contributed by atoms with E-state index in [1.807, 2.05) is 0 Å². The van der Waals surface area contributed by atoms with Gasteiger partial charge >= 0.3 is 11.8 Å². The fourth-order valence-electron chi connectivity index (χ4n) is 0.771. The Bertz CT molecular complexity index is 359. The number of aromatic nitrogens is 1. The molecule has 1 rings (SSSR count). The zero-order valence-corrected chi connectivity index (χ0v) is 6.38. The first-order valence-electron chi connectivity index (χ1n) is 3.22. The molecule has 0 spiro atoms. The minimum atomic E-state index is -3.40. The van der Waals surface area contributed by atoms with Crippen LogP contribution in [0.2, 0.25) is 0 Å². The molecule has 0 atom stereocenters. The van der Waals surface area contributed by atoms with Crippen molar-refractivity contribution < 1.29 is 22.5 Å². The largest absolute Gasteiger partial charge is 0.369 e. The minimum Gasteiger partial charge on any atom is -0.358 e. The molecular weight excluding hydrogens is 208 g/mol. The van der Waals surface area contributed by atoms with Gasteiger partial charge in [0, 0.05) is 0 Å². The highest BCUT2D eigenvalue weighted by molar-refractivity contribution is 5.26. The van der Waals surface area contributed by atoms with Gasteiger partial charge in [0.25, 0.3) is 6.43 Å². The van der Waals surface area contributed by atoms with Crippen LogP contribution in [0, 0.1) is 21.9 Å². The molecule has 0 radical (unpaired) electrons. The van der Waals surface area contributed by atoms with Crippen LogP contribution in [0.5, 0.6) is 0 Å². The van der Waals surface area contributed by atoms with Crippen LogP contribution in [-0.2, 0) is 0 Å². The van der Waals surface area contributed by atoms with E-state index in [4.69, 9.17) is 0 Å². The molecule has 14 heavy (non-hydrogen) atoms.